The van der Waals surface area contributed by atoms with Crippen molar-refractivity contribution in [2.75, 3.05) is 11.1 Å². The van der Waals surface area contributed by atoms with E-state index in [9.17, 15) is 18.3 Å². The monoisotopic (exact) mass is 451 g/mol. The summed E-state index contributed by atoms with van der Waals surface area (Å²) in [6.07, 6.45) is 0. The van der Waals surface area contributed by atoms with Gasteiger partial charge in [0.15, 0.2) is 15.5 Å². The first-order chi connectivity index (χ1) is 10.3. The van der Waals surface area contributed by atoms with Crippen molar-refractivity contribution in [1.82, 2.24) is 10.2 Å². The highest BCUT2D eigenvalue weighted by molar-refractivity contribution is 9.13. The van der Waals surface area contributed by atoms with Crippen LogP contribution >= 0.6 is 31.9 Å². The molecule has 1 amide bonds. The molecule has 0 saturated heterocycles. The molecule has 0 saturated carbocycles. The van der Waals surface area contributed by atoms with Crippen LogP contribution in [0, 0.1) is 0 Å². The molecule has 3 N–H and O–H groups in total. The number of carbonyl (C=O) groups excluding carboxylic acids is 1. The van der Waals surface area contributed by atoms with Gasteiger partial charge in [0, 0.05) is 0 Å². The molecule has 10 heteroatoms. The molecular formula is C12H11Br2N3O4S. The fraction of sp³-hybridized carbons (Fsp3) is 0.167. The van der Waals surface area contributed by atoms with Crippen LogP contribution in [0.15, 0.2) is 32.2 Å². The number of hydrogen-bond donors (Lipinski definition) is 3. The van der Waals surface area contributed by atoms with Gasteiger partial charge in [0.25, 0.3) is 5.91 Å². The van der Waals surface area contributed by atoms with E-state index >= 15 is 0 Å². The lowest BCUT2D eigenvalue weighted by molar-refractivity contribution is 0.102. The lowest BCUT2D eigenvalue weighted by Gasteiger charge is -2.09. The van der Waals surface area contributed by atoms with Gasteiger partial charge < -0.3 is 10.4 Å². The Kier molecular flexibility index (Phi) is 4.93. The lowest BCUT2D eigenvalue weighted by atomic mass is 10.3. The molecule has 2 aromatic rings. The second-order valence-corrected chi connectivity index (χ2v) is 8.10. The van der Waals surface area contributed by atoms with Crippen LogP contribution in [0.2, 0.25) is 0 Å². The zero-order valence-corrected chi connectivity index (χ0v) is 15.2. The summed E-state index contributed by atoms with van der Waals surface area (Å²) in [6, 6.07) is 3.71. The van der Waals surface area contributed by atoms with Gasteiger partial charge >= 0.3 is 0 Å². The Hall–Kier alpha value is -1.39. The Labute approximate surface area is 143 Å². The van der Waals surface area contributed by atoms with E-state index in [-0.39, 0.29) is 27.8 Å². The molecule has 0 radical (unpaired) electrons. The normalized spacial score (nSPS) is 11.4. The average molecular weight is 453 g/mol. The molecule has 0 fully saturated rings. The average Bonchev–Trinajstić information content (AvgIpc) is 2.81. The first-order valence-electron chi connectivity index (χ1n) is 6.02. The number of rotatable bonds is 4. The second-order valence-electron chi connectivity index (χ2n) is 4.24. The van der Waals surface area contributed by atoms with E-state index in [1.54, 1.807) is 0 Å². The molecule has 7 nitrogen and oxygen atoms in total. The van der Waals surface area contributed by atoms with Crippen LogP contribution in [0.3, 0.4) is 0 Å². The Bertz CT molecular complexity index is 833. The third-order valence-corrected chi connectivity index (χ3v) is 6.45. The fourth-order valence-electron chi connectivity index (χ4n) is 1.61. The second kappa shape index (κ2) is 6.39. The molecule has 118 valence electrons. The minimum atomic E-state index is -3.44. The third kappa shape index (κ3) is 3.33. The van der Waals surface area contributed by atoms with Crippen molar-refractivity contribution in [3.8, 4) is 5.75 Å². The summed E-state index contributed by atoms with van der Waals surface area (Å²) in [5.74, 6) is -0.924. The van der Waals surface area contributed by atoms with Gasteiger partial charge in [-0.3, -0.25) is 9.89 Å². The molecule has 22 heavy (non-hydrogen) atoms. The van der Waals surface area contributed by atoms with Gasteiger partial charge in [-0.2, -0.15) is 5.10 Å². The predicted molar refractivity (Wildman–Crippen MR) is 87.8 cm³/mol. The minimum Gasteiger partial charge on any atom is -0.506 e. The number of amides is 1. The topological polar surface area (TPSA) is 112 Å². The number of halogens is 2. The third-order valence-electron chi connectivity index (χ3n) is 2.84. The van der Waals surface area contributed by atoms with Gasteiger partial charge in [0.05, 0.1) is 20.8 Å². The summed E-state index contributed by atoms with van der Waals surface area (Å²) in [6.45, 7) is 1.51. The number of aromatic hydroxyl groups is 1. The van der Waals surface area contributed by atoms with E-state index in [0.717, 1.165) is 0 Å². The number of phenols is 1. The van der Waals surface area contributed by atoms with Crippen molar-refractivity contribution < 1.29 is 18.3 Å². The smallest absolute Gasteiger partial charge is 0.277 e. The van der Waals surface area contributed by atoms with Crippen molar-refractivity contribution in [3.05, 3.63) is 33.0 Å². The number of hydrogen-bond acceptors (Lipinski definition) is 5. The fourth-order valence-corrected chi connectivity index (χ4v) is 3.15. The van der Waals surface area contributed by atoms with Crippen LogP contribution in [-0.4, -0.2) is 35.4 Å². The maximum absolute atomic E-state index is 12.1. The van der Waals surface area contributed by atoms with E-state index < -0.39 is 15.7 Å². The SMILES string of the molecule is CCS(=O)(=O)c1ccc(O)c(NC(=O)c2n[nH]c(Br)c2Br)c1. The number of nitrogens with one attached hydrogen (secondary N) is 2. The zero-order valence-electron chi connectivity index (χ0n) is 11.2. The zero-order chi connectivity index (χ0) is 16.5. The number of anilines is 1. The van der Waals surface area contributed by atoms with E-state index in [1.807, 2.05) is 0 Å². The number of H-pyrrole nitrogens is 1. The maximum atomic E-state index is 12.1. The Morgan fingerprint density at radius 2 is 2.09 bits per heavy atom. The molecule has 0 aliphatic heterocycles. The quantitative estimate of drug-likeness (QED) is 0.617. The van der Waals surface area contributed by atoms with Gasteiger partial charge in [-0.15, -0.1) is 0 Å². The molecule has 1 aromatic heterocycles. The first-order valence-corrected chi connectivity index (χ1v) is 9.26. The van der Waals surface area contributed by atoms with E-state index in [0.29, 0.717) is 9.08 Å². The molecule has 0 aliphatic carbocycles. The molecule has 0 bridgehead atoms. The Morgan fingerprint density at radius 3 is 2.64 bits per heavy atom. The number of sulfone groups is 1. The number of aromatic nitrogens is 2. The summed E-state index contributed by atoms with van der Waals surface area (Å²) in [7, 11) is -3.44. The molecular weight excluding hydrogens is 442 g/mol. The summed E-state index contributed by atoms with van der Waals surface area (Å²) in [5, 5.41) is 18.6. The summed E-state index contributed by atoms with van der Waals surface area (Å²) >= 11 is 6.34. The highest BCUT2D eigenvalue weighted by Gasteiger charge is 2.19. The van der Waals surface area contributed by atoms with Crippen molar-refractivity contribution in [2.45, 2.75) is 11.8 Å². The van der Waals surface area contributed by atoms with E-state index in [2.05, 4.69) is 47.4 Å². The molecule has 0 atom stereocenters. The van der Waals surface area contributed by atoms with Crippen LogP contribution in [0.4, 0.5) is 5.69 Å². The lowest BCUT2D eigenvalue weighted by Crippen LogP contribution is -2.14. The van der Waals surface area contributed by atoms with Gasteiger partial charge in [-0.1, -0.05) is 6.92 Å². The molecule has 0 aliphatic rings. The largest absolute Gasteiger partial charge is 0.506 e. The number of carbonyl (C=O) groups is 1. The highest BCUT2D eigenvalue weighted by Crippen LogP contribution is 2.29. The van der Waals surface area contributed by atoms with Gasteiger partial charge in [-0.05, 0) is 50.1 Å². The summed E-state index contributed by atoms with van der Waals surface area (Å²) < 4.78 is 24.6. The molecule has 0 unspecified atom stereocenters. The van der Waals surface area contributed by atoms with E-state index in [4.69, 9.17) is 0 Å². The van der Waals surface area contributed by atoms with Crippen LogP contribution in [0.5, 0.6) is 5.75 Å². The summed E-state index contributed by atoms with van der Waals surface area (Å²) in [5.41, 5.74) is 0.0561. The van der Waals surface area contributed by atoms with Crippen molar-refractivity contribution in [3.63, 3.8) is 0 Å². The standard InChI is InChI=1S/C12H11Br2N3O4S/c1-2-22(20,21)6-3-4-8(18)7(5-6)15-12(19)10-9(13)11(14)17-16-10/h3-5,18H,2H2,1H3,(H,15,19)(H,16,17). The van der Waals surface area contributed by atoms with E-state index in [1.165, 1.54) is 25.1 Å². The van der Waals surface area contributed by atoms with Crippen LogP contribution in [0.25, 0.3) is 0 Å². The number of nitrogens with zero attached hydrogens (tertiary/aromatic N) is 1. The molecule has 2 rings (SSSR count). The predicted octanol–water partition coefficient (Wildman–Crippen LogP) is 2.69. The van der Waals surface area contributed by atoms with Crippen molar-refractivity contribution in [2.24, 2.45) is 0 Å². The first kappa shape index (κ1) is 17.0. The summed E-state index contributed by atoms with van der Waals surface area (Å²) in [4.78, 5) is 12.1. The number of aromatic amines is 1. The van der Waals surface area contributed by atoms with Gasteiger partial charge in [-0.25, -0.2) is 8.42 Å². The van der Waals surface area contributed by atoms with Crippen LogP contribution in [-0.2, 0) is 9.84 Å². The maximum Gasteiger partial charge on any atom is 0.277 e. The number of benzene rings is 1. The van der Waals surface area contributed by atoms with Gasteiger partial charge in [0.2, 0.25) is 0 Å². The molecule has 1 aromatic carbocycles. The Morgan fingerprint density at radius 1 is 1.41 bits per heavy atom. The minimum absolute atomic E-state index is 0.00875. The van der Waals surface area contributed by atoms with Crippen molar-refractivity contribution >= 4 is 53.3 Å². The van der Waals surface area contributed by atoms with Crippen LogP contribution in [0.1, 0.15) is 17.4 Å². The molecule has 1 heterocycles. The number of phenolic OH excluding ortho intramolecular Hbond substituents is 1. The van der Waals surface area contributed by atoms with Crippen LogP contribution < -0.4 is 5.32 Å². The Balaban J connectivity index is 2.35. The highest BCUT2D eigenvalue weighted by atomic mass is 79.9. The molecule has 0 spiro atoms. The van der Waals surface area contributed by atoms with Crippen molar-refractivity contribution in [1.29, 1.82) is 0 Å². The van der Waals surface area contributed by atoms with Gasteiger partial charge in [0.1, 0.15) is 10.4 Å².